The lowest BCUT2D eigenvalue weighted by molar-refractivity contribution is 0.449. The fourth-order valence-electron chi connectivity index (χ4n) is 4.74. The van der Waals surface area contributed by atoms with E-state index in [0.29, 0.717) is 0 Å². The Morgan fingerprint density at radius 3 is 0.862 bits per heavy atom. The molecule has 0 heterocycles. The van der Waals surface area contributed by atoms with Gasteiger partial charge in [0, 0.05) is 0 Å². The zero-order chi connectivity index (χ0) is 21.3. The van der Waals surface area contributed by atoms with E-state index in [1.165, 1.54) is 161 Å². The monoisotopic (exact) mass is 408 g/mol. The normalized spacial score (nSPS) is 12.5. The summed E-state index contributed by atoms with van der Waals surface area (Å²) in [6.45, 7) is 7.05. The third kappa shape index (κ3) is 26.0. The van der Waals surface area contributed by atoms with Crippen LogP contribution in [-0.2, 0) is 0 Å². The Bertz CT molecular complexity index is 269. The SMILES string of the molecule is CCCCCCCCCCCCCCCCCCCCCCCCC(C)CCC. The molecule has 0 bridgehead atoms. The summed E-state index contributed by atoms with van der Waals surface area (Å²) >= 11 is 0. The van der Waals surface area contributed by atoms with Crippen LogP contribution in [0.15, 0.2) is 0 Å². The first-order chi connectivity index (χ1) is 14.3. The first-order valence-electron chi connectivity index (χ1n) is 14.3. The molecule has 0 aromatic rings. The summed E-state index contributed by atoms with van der Waals surface area (Å²) in [4.78, 5) is 0. The molecule has 1 unspecified atom stereocenters. The Labute approximate surface area is 187 Å². The lowest BCUT2D eigenvalue weighted by atomic mass is 9.98. The van der Waals surface area contributed by atoms with Crippen molar-refractivity contribution < 1.29 is 0 Å². The van der Waals surface area contributed by atoms with Crippen LogP contribution in [0.25, 0.3) is 0 Å². The average Bonchev–Trinajstić information content (AvgIpc) is 2.72. The van der Waals surface area contributed by atoms with Gasteiger partial charge in [0.1, 0.15) is 0 Å². The van der Waals surface area contributed by atoms with Crippen LogP contribution in [-0.4, -0.2) is 0 Å². The Balaban J connectivity index is 3.02. The number of unbranched alkanes of at least 4 members (excludes halogenated alkanes) is 21. The molecule has 0 aliphatic heterocycles. The minimum absolute atomic E-state index is 0.963. The van der Waals surface area contributed by atoms with Crippen molar-refractivity contribution in [3.63, 3.8) is 0 Å². The zero-order valence-electron chi connectivity index (χ0n) is 21.3. The highest BCUT2D eigenvalue weighted by Crippen LogP contribution is 2.17. The van der Waals surface area contributed by atoms with Crippen molar-refractivity contribution in [2.45, 2.75) is 181 Å². The molecule has 0 fully saturated rings. The molecule has 0 saturated heterocycles. The van der Waals surface area contributed by atoms with Crippen molar-refractivity contribution in [2.24, 2.45) is 5.92 Å². The maximum absolute atomic E-state index is 2.43. The van der Waals surface area contributed by atoms with Gasteiger partial charge in [-0.05, 0) is 5.92 Å². The largest absolute Gasteiger partial charge is 0.0654 e. The van der Waals surface area contributed by atoms with Gasteiger partial charge in [-0.2, -0.15) is 0 Å². The van der Waals surface area contributed by atoms with Crippen molar-refractivity contribution in [3.05, 3.63) is 0 Å². The second-order valence-electron chi connectivity index (χ2n) is 10.1. The van der Waals surface area contributed by atoms with Crippen LogP contribution in [0.4, 0.5) is 0 Å². The average molecular weight is 409 g/mol. The maximum atomic E-state index is 2.43. The van der Waals surface area contributed by atoms with Gasteiger partial charge in [0.05, 0.1) is 0 Å². The Morgan fingerprint density at radius 1 is 0.310 bits per heavy atom. The minimum atomic E-state index is 0.963. The van der Waals surface area contributed by atoms with Gasteiger partial charge < -0.3 is 0 Å². The van der Waals surface area contributed by atoms with Gasteiger partial charge in [-0.15, -0.1) is 0 Å². The number of rotatable bonds is 25. The molecule has 0 rings (SSSR count). The predicted molar refractivity (Wildman–Crippen MR) is 136 cm³/mol. The van der Waals surface area contributed by atoms with Crippen LogP contribution in [0.2, 0.25) is 0 Å². The molecule has 176 valence electrons. The molecule has 0 spiro atoms. The van der Waals surface area contributed by atoms with Crippen molar-refractivity contribution >= 4 is 0 Å². The topological polar surface area (TPSA) is 0 Å². The molecular weight excluding hydrogens is 348 g/mol. The molecule has 0 nitrogen and oxygen atoms in total. The van der Waals surface area contributed by atoms with E-state index in [9.17, 15) is 0 Å². The van der Waals surface area contributed by atoms with Crippen molar-refractivity contribution in [1.29, 1.82) is 0 Å². The molecule has 0 aliphatic carbocycles. The first-order valence-corrected chi connectivity index (χ1v) is 14.3. The fourth-order valence-corrected chi connectivity index (χ4v) is 4.74. The van der Waals surface area contributed by atoms with Gasteiger partial charge in [-0.3, -0.25) is 0 Å². The lowest BCUT2D eigenvalue weighted by Gasteiger charge is -2.09. The smallest absolute Gasteiger partial charge is 0.0443 e. The summed E-state index contributed by atoms with van der Waals surface area (Å²) in [6.07, 6.45) is 36.8. The molecule has 0 saturated carbocycles. The maximum Gasteiger partial charge on any atom is -0.0443 e. The van der Waals surface area contributed by atoms with Crippen LogP contribution in [0.1, 0.15) is 181 Å². The number of hydrogen-bond acceptors (Lipinski definition) is 0. The van der Waals surface area contributed by atoms with Gasteiger partial charge in [0.25, 0.3) is 0 Å². The summed E-state index contributed by atoms with van der Waals surface area (Å²) in [5.41, 5.74) is 0. The standard InChI is InChI=1S/C29H60/c1-4-6-7-8-9-10-11-12-13-14-15-16-17-18-19-20-21-22-23-24-25-26-28-29(3)27-5-2/h29H,4-28H2,1-3H3. The summed E-state index contributed by atoms with van der Waals surface area (Å²) in [6, 6.07) is 0. The molecule has 0 radical (unpaired) electrons. The van der Waals surface area contributed by atoms with Gasteiger partial charge in [0.2, 0.25) is 0 Å². The molecule has 0 N–H and O–H groups in total. The third-order valence-electron chi connectivity index (χ3n) is 6.83. The van der Waals surface area contributed by atoms with Crippen molar-refractivity contribution in [2.75, 3.05) is 0 Å². The first kappa shape index (κ1) is 29.0. The van der Waals surface area contributed by atoms with Crippen LogP contribution in [0, 0.1) is 5.92 Å². The van der Waals surface area contributed by atoms with E-state index in [4.69, 9.17) is 0 Å². The summed E-state index contributed by atoms with van der Waals surface area (Å²) in [7, 11) is 0. The molecule has 0 amide bonds. The quantitative estimate of drug-likeness (QED) is 0.132. The van der Waals surface area contributed by atoms with E-state index in [2.05, 4.69) is 20.8 Å². The van der Waals surface area contributed by atoms with Gasteiger partial charge in [0.15, 0.2) is 0 Å². The Hall–Kier alpha value is 0. The molecule has 0 aromatic heterocycles. The van der Waals surface area contributed by atoms with E-state index in [-0.39, 0.29) is 0 Å². The molecule has 0 heteroatoms. The summed E-state index contributed by atoms with van der Waals surface area (Å²) in [5, 5.41) is 0. The van der Waals surface area contributed by atoms with Crippen LogP contribution < -0.4 is 0 Å². The highest BCUT2D eigenvalue weighted by atomic mass is 14.1. The zero-order valence-corrected chi connectivity index (χ0v) is 21.3. The van der Waals surface area contributed by atoms with Crippen molar-refractivity contribution in [3.8, 4) is 0 Å². The minimum Gasteiger partial charge on any atom is -0.0654 e. The lowest BCUT2D eigenvalue weighted by Crippen LogP contribution is -1.93. The molecular formula is C29H60. The van der Waals surface area contributed by atoms with E-state index in [0.717, 1.165) is 5.92 Å². The summed E-state index contributed by atoms with van der Waals surface area (Å²) in [5.74, 6) is 0.963. The fraction of sp³-hybridized carbons (Fsp3) is 1.00. The van der Waals surface area contributed by atoms with Crippen LogP contribution in [0.3, 0.4) is 0 Å². The molecule has 0 aromatic carbocycles. The third-order valence-corrected chi connectivity index (χ3v) is 6.83. The van der Waals surface area contributed by atoms with Crippen LogP contribution >= 0.6 is 0 Å². The summed E-state index contributed by atoms with van der Waals surface area (Å²) < 4.78 is 0. The Kier molecular flexibility index (Phi) is 26.0. The van der Waals surface area contributed by atoms with E-state index >= 15 is 0 Å². The highest BCUT2D eigenvalue weighted by Gasteiger charge is 2.00. The Morgan fingerprint density at radius 2 is 0.586 bits per heavy atom. The molecule has 0 aliphatic rings. The van der Waals surface area contributed by atoms with Crippen LogP contribution in [0.5, 0.6) is 0 Å². The van der Waals surface area contributed by atoms with Gasteiger partial charge in [-0.25, -0.2) is 0 Å². The molecule has 1 atom stereocenters. The van der Waals surface area contributed by atoms with Gasteiger partial charge >= 0.3 is 0 Å². The highest BCUT2D eigenvalue weighted by molar-refractivity contribution is 4.54. The van der Waals surface area contributed by atoms with Crippen molar-refractivity contribution in [1.82, 2.24) is 0 Å². The van der Waals surface area contributed by atoms with E-state index < -0.39 is 0 Å². The van der Waals surface area contributed by atoms with Gasteiger partial charge in [-0.1, -0.05) is 181 Å². The number of hydrogen-bond donors (Lipinski definition) is 0. The van der Waals surface area contributed by atoms with E-state index in [1.807, 2.05) is 0 Å². The second-order valence-corrected chi connectivity index (χ2v) is 10.1. The van der Waals surface area contributed by atoms with E-state index in [1.54, 1.807) is 0 Å². The predicted octanol–water partition coefficient (Wildman–Crippen LogP) is 11.4. The second kappa shape index (κ2) is 26.0. The molecule has 29 heavy (non-hydrogen) atoms.